The Morgan fingerprint density at radius 3 is 2.25 bits per heavy atom. The first-order chi connectivity index (χ1) is 15.2. The molecule has 3 rings (SSSR count). The highest BCUT2D eigenvalue weighted by atomic mass is 79.9. The van der Waals surface area contributed by atoms with Crippen molar-refractivity contribution in [2.45, 2.75) is 13.8 Å². The lowest BCUT2D eigenvalue weighted by Crippen LogP contribution is -2.31. The van der Waals surface area contributed by atoms with Crippen molar-refractivity contribution in [1.82, 2.24) is 5.32 Å². The Bertz CT molecular complexity index is 1200. The summed E-state index contributed by atoms with van der Waals surface area (Å²) in [5.74, 6) is -1.05. The Hall–Kier alpha value is -3.78. The highest BCUT2D eigenvalue weighted by Crippen LogP contribution is 2.22. The maximum atomic E-state index is 13.1. The predicted molar refractivity (Wildman–Crippen MR) is 127 cm³/mol. The Kier molecular flexibility index (Phi) is 7.17. The zero-order valence-electron chi connectivity index (χ0n) is 17.4. The minimum Gasteiger partial charge on any atom is -0.320 e. The van der Waals surface area contributed by atoms with E-state index in [9.17, 15) is 19.7 Å². The van der Waals surface area contributed by atoms with Crippen LogP contribution in [0.3, 0.4) is 0 Å². The summed E-state index contributed by atoms with van der Waals surface area (Å²) in [4.78, 5) is 36.4. The van der Waals surface area contributed by atoms with Gasteiger partial charge in [0.2, 0.25) is 0 Å². The van der Waals surface area contributed by atoms with Gasteiger partial charge in [-0.3, -0.25) is 19.7 Å². The molecule has 0 atom stereocenters. The van der Waals surface area contributed by atoms with Crippen molar-refractivity contribution >= 4 is 45.2 Å². The second-order valence-corrected chi connectivity index (χ2v) is 8.06. The first-order valence-electron chi connectivity index (χ1n) is 9.64. The van der Waals surface area contributed by atoms with Crippen LogP contribution in [-0.2, 0) is 4.79 Å². The zero-order valence-corrected chi connectivity index (χ0v) is 19.0. The number of halogens is 1. The van der Waals surface area contributed by atoms with E-state index in [0.717, 1.165) is 10.0 Å². The first kappa shape index (κ1) is 22.9. The van der Waals surface area contributed by atoms with Crippen molar-refractivity contribution < 1.29 is 14.5 Å². The molecule has 0 aliphatic rings. The van der Waals surface area contributed by atoms with E-state index in [-0.39, 0.29) is 17.1 Å². The molecule has 0 saturated carbocycles. The molecule has 8 heteroatoms. The summed E-state index contributed by atoms with van der Waals surface area (Å²) in [6.07, 6.45) is 1.54. The van der Waals surface area contributed by atoms with Gasteiger partial charge in [-0.15, -0.1) is 0 Å². The van der Waals surface area contributed by atoms with Gasteiger partial charge in [0.25, 0.3) is 17.5 Å². The number of amides is 2. The third kappa shape index (κ3) is 5.89. The standard InChI is InChI=1S/C24H20BrN3O4/c1-15-3-8-18(9-4-15)23(29)27-22(13-17-6-10-19(25)11-7-17)24(30)26-21-14-20(28(31)32)12-5-16(21)2/h3-14H,1-2H3,(H,26,30)(H,27,29)/b22-13-. The van der Waals surface area contributed by atoms with Gasteiger partial charge < -0.3 is 10.6 Å². The van der Waals surface area contributed by atoms with E-state index in [0.29, 0.717) is 16.7 Å². The van der Waals surface area contributed by atoms with Crippen LogP contribution in [0.4, 0.5) is 11.4 Å². The number of hydrogen-bond acceptors (Lipinski definition) is 4. The zero-order chi connectivity index (χ0) is 23.3. The van der Waals surface area contributed by atoms with Gasteiger partial charge in [-0.2, -0.15) is 0 Å². The molecule has 3 aromatic rings. The fourth-order valence-corrected chi connectivity index (χ4v) is 3.10. The number of aryl methyl sites for hydroxylation is 2. The number of rotatable bonds is 6. The van der Waals surface area contributed by atoms with Crippen molar-refractivity contribution in [2.24, 2.45) is 0 Å². The molecule has 3 aromatic carbocycles. The quantitative estimate of drug-likeness (QED) is 0.273. The lowest BCUT2D eigenvalue weighted by atomic mass is 10.1. The average Bonchev–Trinajstić information content (AvgIpc) is 2.76. The molecule has 0 aliphatic carbocycles. The van der Waals surface area contributed by atoms with Crippen LogP contribution < -0.4 is 10.6 Å². The van der Waals surface area contributed by atoms with Crippen LogP contribution in [0.15, 0.2) is 76.9 Å². The summed E-state index contributed by atoms with van der Waals surface area (Å²) in [6.45, 7) is 3.64. The number of anilines is 1. The van der Waals surface area contributed by atoms with E-state index >= 15 is 0 Å². The van der Waals surface area contributed by atoms with E-state index in [1.807, 2.05) is 19.1 Å². The van der Waals surface area contributed by atoms with Gasteiger partial charge in [0, 0.05) is 22.2 Å². The van der Waals surface area contributed by atoms with E-state index < -0.39 is 16.7 Å². The summed E-state index contributed by atoms with van der Waals surface area (Å²) in [5, 5.41) is 16.4. The summed E-state index contributed by atoms with van der Waals surface area (Å²) >= 11 is 3.36. The van der Waals surface area contributed by atoms with Crippen molar-refractivity contribution in [3.8, 4) is 0 Å². The highest BCUT2D eigenvalue weighted by Gasteiger charge is 2.17. The van der Waals surface area contributed by atoms with Crippen molar-refractivity contribution in [3.63, 3.8) is 0 Å². The largest absolute Gasteiger partial charge is 0.320 e. The fraction of sp³-hybridized carbons (Fsp3) is 0.0833. The number of hydrogen-bond donors (Lipinski definition) is 2. The van der Waals surface area contributed by atoms with Crippen LogP contribution >= 0.6 is 15.9 Å². The van der Waals surface area contributed by atoms with Crippen molar-refractivity contribution in [2.75, 3.05) is 5.32 Å². The van der Waals surface area contributed by atoms with Gasteiger partial charge in [-0.25, -0.2) is 0 Å². The molecule has 0 radical (unpaired) electrons. The van der Waals surface area contributed by atoms with Crippen molar-refractivity contribution in [3.05, 3.63) is 109 Å². The van der Waals surface area contributed by atoms with Gasteiger partial charge in [-0.05, 0) is 55.3 Å². The third-order valence-electron chi connectivity index (χ3n) is 4.67. The molecule has 0 aliphatic heterocycles. The number of nitro benzene ring substituents is 1. The molecule has 32 heavy (non-hydrogen) atoms. The molecule has 0 heterocycles. The third-order valence-corrected chi connectivity index (χ3v) is 5.20. The maximum Gasteiger partial charge on any atom is 0.272 e. The molecule has 0 aromatic heterocycles. The predicted octanol–water partition coefficient (Wildman–Crippen LogP) is 5.38. The number of non-ortho nitro benzene ring substituents is 1. The smallest absolute Gasteiger partial charge is 0.272 e. The second-order valence-electron chi connectivity index (χ2n) is 7.14. The summed E-state index contributed by atoms with van der Waals surface area (Å²) in [7, 11) is 0. The first-order valence-corrected chi connectivity index (χ1v) is 10.4. The summed E-state index contributed by atoms with van der Waals surface area (Å²) < 4.78 is 0.872. The van der Waals surface area contributed by atoms with E-state index in [1.165, 1.54) is 12.1 Å². The molecule has 0 saturated heterocycles. The monoisotopic (exact) mass is 493 g/mol. The molecule has 162 valence electrons. The summed E-state index contributed by atoms with van der Waals surface area (Å²) in [6, 6.07) is 18.4. The Labute approximate surface area is 193 Å². The van der Waals surface area contributed by atoms with Gasteiger partial charge in [0.1, 0.15) is 5.70 Å². The van der Waals surface area contributed by atoms with E-state index in [4.69, 9.17) is 0 Å². The number of carbonyl (C=O) groups excluding carboxylic acids is 2. The normalized spacial score (nSPS) is 11.0. The molecular weight excluding hydrogens is 474 g/mol. The van der Waals surface area contributed by atoms with Crippen LogP contribution in [-0.4, -0.2) is 16.7 Å². The van der Waals surface area contributed by atoms with Crippen molar-refractivity contribution in [1.29, 1.82) is 0 Å². The molecule has 0 fully saturated rings. The molecule has 0 bridgehead atoms. The van der Waals surface area contributed by atoms with Crippen LogP contribution in [0, 0.1) is 24.0 Å². The average molecular weight is 494 g/mol. The molecule has 2 amide bonds. The second kappa shape index (κ2) is 10.0. The SMILES string of the molecule is Cc1ccc(C(=O)N/C(=C\c2ccc(Br)cc2)C(=O)Nc2cc([N+](=O)[O-])ccc2C)cc1. The molecule has 7 nitrogen and oxygen atoms in total. The van der Waals surface area contributed by atoms with E-state index in [1.54, 1.807) is 55.5 Å². The molecule has 0 unspecified atom stereocenters. The fourth-order valence-electron chi connectivity index (χ4n) is 2.83. The van der Waals surface area contributed by atoms with Gasteiger partial charge in [-0.1, -0.05) is 51.8 Å². The Morgan fingerprint density at radius 1 is 0.969 bits per heavy atom. The maximum absolute atomic E-state index is 13.1. The Morgan fingerprint density at radius 2 is 1.62 bits per heavy atom. The van der Waals surface area contributed by atoms with Gasteiger partial charge in [0.05, 0.1) is 10.6 Å². The minimum atomic E-state index is -0.600. The van der Waals surface area contributed by atoms with Crippen LogP contribution in [0.1, 0.15) is 27.0 Å². The summed E-state index contributed by atoms with van der Waals surface area (Å²) in [5.41, 5.74) is 2.89. The van der Waals surface area contributed by atoms with E-state index in [2.05, 4.69) is 26.6 Å². The number of nitro groups is 1. The van der Waals surface area contributed by atoms with Crippen LogP contribution in [0.25, 0.3) is 6.08 Å². The van der Waals surface area contributed by atoms with Crippen LogP contribution in [0.5, 0.6) is 0 Å². The number of carbonyl (C=O) groups is 2. The lowest BCUT2D eigenvalue weighted by molar-refractivity contribution is -0.384. The topological polar surface area (TPSA) is 101 Å². The lowest BCUT2D eigenvalue weighted by Gasteiger charge is -2.13. The Balaban J connectivity index is 1.92. The highest BCUT2D eigenvalue weighted by molar-refractivity contribution is 9.10. The molecular formula is C24H20BrN3O4. The van der Waals surface area contributed by atoms with Crippen LogP contribution in [0.2, 0.25) is 0 Å². The van der Waals surface area contributed by atoms with Gasteiger partial charge in [0.15, 0.2) is 0 Å². The number of nitrogens with zero attached hydrogens (tertiary/aromatic N) is 1. The number of benzene rings is 3. The molecule has 2 N–H and O–H groups in total. The number of nitrogens with one attached hydrogen (secondary N) is 2. The van der Waals surface area contributed by atoms with Gasteiger partial charge >= 0.3 is 0 Å². The molecule has 0 spiro atoms. The minimum absolute atomic E-state index is 0.00352.